The zero-order chi connectivity index (χ0) is 18.6. The van der Waals surface area contributed by atoms with Gasteiger partial charge in [-0.15, -0.1) is 5.10 Å². The molecule has 0 bridgehead atoms. The third-order valence-electron chi connectivity index (χ3n) is 4.25. The fraction of sp³-hybridized carbons (Fsp3) is 0.211. The first-order chi connectivity index (χ1) is 13.2. The van der Waals surface area contributed by atoms with Gasteiger partial charge in [-0.2, -0.15) is 9.90 Å². The first-order valence-electron chi connectivity index (χ1n) is 8.61. The van der Waals surface area contributed by atoms with Crippen LogP contribution in [0.25, 0.3) is 5.69 Å². The maximum absolute atomic E-state index is 12.4. The van der Waals surface area contributed by atoms with E-state index >= 15 is 0 Å². The summed E-state index contributed by atoms with van der Waals surface area (Å²) in [6.45, 7) is 2.37. The number of ether oxygens (including phenoxy) is 1. The molecule has 0 spiro atoms. The lowest BCUT2D eigenvalue weighted by atomic mass is 10.1. The molecule has 3 aromatic rings. The van der Waals surface area contributed by atoms with Crippen molar-refractivity contribution >= 4 is 23.2 Å². The Kier molecular flexibility index (Phi) is 5.15. The quantitative estimate of drug-likeness (QED) is 0.724. The molecule has 2 aromatic carbocycles. The topological polar surface area (TPSA) is 81.1 Å². The van der Waals surface area contributed by atoms with Gasteiger partial charge in [-0.25, -0.2) is 0 Å². The highest BCUT2D eigenvalue weighted by Gasteiger charge is 2.16. The Hall–Kier alpha value is -2.74. The van der Waals surface area contributed by atoms with Gasteiger partial charge < -0.3 is 15.4 Å². The molecule has 1 saturated heterocycles. The summed E-state index contributed by atoms with van der Waals surface area (Å²) in [5, 5.41) is 15.1. The molecule has 0 unspecified atom stereocenters. The highest BCUT2D eigenvalue weighted by molar-refractivity contribution is 6.30. The number of benzene rings is 2. The largest absolute Gasteiger partial charge is 0.371 e. The normalized spacial score (nSPS) is 16.9. The molecule has 0 saturated carbocycles. The van der Waals surface area contributed by atoms with Gasteiger partial charge >= 0.3 is 0 Å². The predicted molar refractivity (Wildman–Crippen MR) is 102 cm³/mol. The summed E-state index contributed by atoms with van der Waals surface area (Å²) in [6.07, 6.45) is 1.47. The van der Waals surface area contributed by atoms with E-state index in [2.05, 4.69) is 20.8 Å². The molecule has 1 aliphatic rings. The van der Waals surface area contributed by atoms with E-state index in [4.69, 9.17) is 16.3 Å². The van der Waals surface area contributed by atoms with Gasteiger partial charge in [-0.05, 0) is 42.0 Å². The van der Waals surface area contributed by atoms with Crippen LogP contribution in [0.1, 0.15) is 22.2 Å². The van der Waals surface area contributed by atoms with Crippen molar-refractivity contribution in [2.24, 2.45) is 0 Å². The van der Waals surface area contributed by atoms with Crippen molar-refractivity contribution in [2.45, 2.75) is 6.10 Å². The van der Waals surface area contributed by atoms with Gasteiger partial charge in [0.05, 0.1) is 24.6 Å². The van der Waals surface area contributed by atoms with Crippen LogP contribution in [0.15, 0.2) is 54.7 Å². The molecule has 2 heterocycles. The Morgan fingerprint density at radius 3 is 2.67 bits per heavy atom. The van der Waals surface area contributed by atoms with E-state index in [-0.39, 0.29) is 17.7 Å². The minimum absolute atomic E-state index is 0.0442. The number of nitrogens with zero attached hydrogens (tertiary/aromatic N) is 3. The van der Waals surface area contributed by atoms with Crippen LogP contribution in [-0.4, -0.2) is 40.6 Å². The molecule has 1 fully saturated rings. The molecule has 1 amide bonds. The van der Waals surface area contributed by atoms with Crippen molar-refractivity contribution in [2.75, 3.05) is 25.0 Å². The standard InChI is InChI=1S/C19H18ClN5O2/c20-14-3-7-16(8-4-14)25-22-11-17(24-25)19(26)23-15-5-1-13(2-6-15)18-12-21-9-10-27-18/h1-8,11,18,21H,9-10,12H2,(H,23,26)/t18-/m1/s1. The SMILES string of the molecule is O=C(Nc1ccc([C@H]2CNCCO2)cc1)c1cnn(-c2ccc(Cl)cc2)n1. The second kappa shape index (κ2) is 7.87. The fourth-order valence-corrected chi connectivity index (χ4v) is 2.95. The molecule has 1 atom stereocenters. The molecule has 27 heavy (non-hydrogen) atoms. The molecule has 0 aliphatic carbocycles. The van der Waals surface area contributed by atoms with E-state index < -0.39 is 0 Å². The fourth-order valence-electron chi connectivity index (χ4n) is 2.82. The van der Waals surface area contributed by atoms with Crippen molar-refractivity contribution in [1.82, 2.24) is 20.3 Å². The van der Waals surface area contributed by atoms with Crippen LogP contribution in [0.4, 0.5) is 5.69 Å². The van der Waals surface area contributed by atoms with Crippen LogP contribution >= 0.6 is 11.6 Å². The highest BCUT2D eigenvalue weighted by atomic mass is 35.5. The lowest BCUT2D eigenvalue weighted by molar-refractivity contribution is 0.0277. The Morgan fingerprint density at radius 2 is 1.96 bits per heavy atom. The summed E-state index contributed by atoms with van der Waals surface area (Å²) in [6, 6.07) is 14.7. The van der Waals surface area contributed by atoms with Crippen molar-refractivity contribution < 1.29 is 9.53 Å². The van der Waals surface area contributed by atoms with Crippen LogP contribution in [-0.2, 0) is 4.74 Å². The first-order valence-corrected chi connectivity index (χ1v) is 8.99. The van der Waals surface area contributed by atoms with Crippen LogP contribution in [0.2, 0.25) is 5.02 Å². The summed E-state index contributed by atoms with van der Waals surface area (Å²) >= 11 is 5.88. The number of aromatic nitrogens is 3. The molecular weight excluding hydrogens is 366 g/mol. The maximum Gasteiger partial charge on any atom is 0.277 e. The number of amides is 1. The number of morpholine rings is 1. The number of nitrogens with one attached hydrogen (secondary N) is 2. The molecular formula is C19H18ClN5O2. The summed E-state index contributed by atoms with van der Waals surface area (Å²) < 4.78 is 5.73. The van der Waals surface area contributed by atoms with E-state index in [1.807, 2.05) is 24.3 Å². The van der Waals surface area contributed by atoms with Crippen molar-refractivity contribution in [1.29, 1.82) is 0 Å². The minimum atomic E-state index is -0.321. The zero-order valence-electron chi connectivity index (χ0n) is 14.4. The third kappa shape index (κ3) is 4.16. The molecule has 7 nitrogen and oxygen atoms in total. The number of halogens is 1. The number of rotatable bonds is 4. The van der Waals surface area contributed by atoms with Crippen molar-refractivity contribution in [3.05, 3.63) is 71.0 Å². The Labute approximate surface area is 161 Å². The second-order valence-corrected chi connectivity index (χ2v) is 6.57. The summed E-state index contributed by atoms with van der Waals surface area (Å²) in [5.74, 6) is -0.321. The number of carbonyl (C=O) groups excluding carboxylic acids is 1. The van der Waals surface area contributed by atoms with E-state index in [1.165, 1.54) is 11.0 Å². The summed E-state index contributed by atoms with van der Waals surface area (Å²) in [4.78, 5) is 13.8. The van der Waals surface area contributed by atoms with Gasteiger partial charge in [-0.3, -0.25) is 4.79 Å². The molecule has 0 radical (unpaired) electrons. The van der Waals surface area contributed by atoms with Gasteiger partial charge in [0.25, 0.3) is 5.91 Å². The zero-order valence-corrected chi connectivity index (χ0v) is 15.2. The lowest BCUT2D eigenvalue weighted by Gasteiger charge is -2.24. The average Bonchev–Trinajstić information content (AvgIpc) is 3.20. The van der Waals surface area contributed by atoms with Gasteiger partial charge in [0.15, 0.2) is 5.69 Å². The first kappa shape index (κ1) is 17.7. The molecule has 2 N–H and O–H groups in total. The van der Waals surface area contributed by atoms with Crippen LogP contribution in [0, 0.1) is 0 Å². The Balaban J connectivity index is 1.42. The summed E-state index contributed by atoms with van der Waals surface area (Å²) in [5.41, 5.74) is 2.72. The third-order valence-corrected chi connectivity index (χ3v) is 4.50. The van der Waals surface area contributed by atoms with E-state index in [9.17, 15) is 4.79 Å². The molecule has 1 aromatic heterocycles. The number of hydrogen-bond donors (Lipinski definition) is 2. The van der Waals surface area contributed by atoms with E-state index in [0.29, 0.717) is 17.3 Å². The monoisotopic (exact) mass is 383 g/mol. The van der Waals surface area contributed by atoms with Crippen molar-refractivity contribution in [3.8, 4) is 5.69 Å². The second-order valence-electron chi connectivity index (χ2n) is 6.14. The maximum atomic E-state index is 12.4. The van der Waals surface area contributed by atoms with Gasteiger partial charge in [0.2, 0.25) is 0 Å². The minimum Gasteiger partial charge on any atom is -0.371 e. The lowest BCUT2D eigenvalue weighted by Crippen LogP contribution is -2.33. The number of hydrogen-bond acceptors (Lipinski definition) is 5. The average molecular weight is 384 g/mol. The van der Waals surface area contributed by atoms with Crippen LogP contribution in [0.5, 0.6) is 0 Å². The highest BCUT2D eigenvalue weighted by Crippen LogP contribution is 2.21. The molecule has 4 rings (SSSR count). The number of carbonyl (C=O) groups is 1. The Bertz CT molecular complexity index is 918. The van der Waals surface area contributed by atoms with E-state index in [0.717, 1.165) is 24.3 Å². The Morgan fingerprint density at radius 1 is 1.19 bits per heavy atom. The van der Waals surface area contributed by atoms with Crippen LogP contribution in [0.3, 0.4) is 0 Å². The predicted octanol–water partition coefficient (Wildman–Crippen LogP) is 2.83. The summed E-state index contributed by atoms with van der Waals surface area (Å²) in [7, 11) is 0. The smallest absolute Gasteiger partial charge is 0.277 e. The molecule has 138 valence electrons. The number of anilines is 1. The van der Waals surface area contributed by atoms with Crippen molar-refractivity contribution in [3.63, 3.8) is 0 Å². The molecule has 1 aliphatic heterocycles. The van der Waals surface area contributed by atoms with Gasteiger partial charge in [-0.1, -0.05) is 23.7 Å². The van der Waals surface area contributed by atoms with E-state index in [1.54, 1.807) is 24.3 Å². The van der Waals surface area contributed by atoms with Gasteiger partial charge in [0.1, 0.15) is 0 Å². The molecule has 8 heteroatoms. The van der Waals surface area contributed by atoms with Gasteiger partial charge in [0, 0.05) is 23.8 Å². The van der Waals surface area contributed by atoms with Crippen LogP contribution < -0.4 is 10.6 Å².